The van der Waals surface area contributed by atoms with Crippen molar-refractivity contribution in [3.05, 3.63) is 30.1 Å². The van der Waals surface area contributed by atoms with E-state index in [9.17, 15) is 17.6 Å². The Morgan fingerprint density at radius 1 is 1.14 bits per heavy atom. The molecule has 2 aliphatic rings. The van der Waals surface area contributed by atoms with Crippen molar-refractivity contribution in [2.45, 2.75) is 6.42 Å². The number of nitrogens with zero attached hydrogens (tertiary/aromatic N) is 2. The second-order valence-electron chi connectivity index (χ2n) is 5.86. The summed E-state index contributed by atoms with van der Waals surface area (Å²) in [4.78, 5) is 16.0. The standard InChI is InChI=1S/C15H19FN2O3S/c16-13-3-1-2-4-14(13)17-6-8-18(9-7-17)15(19)12-5-10-22(20,21)11-12/h1-4,12H,5-11H2/t12-/m1/s1. The van der Waals surface area contributed by atoms with E-state index >= 15 is 0 Å². The minimum Gasteiger partial charge on any atom is -0.366 e. The fourth-order valence-corrected chi connectivity index (χ4v) is 4.86. The van der Waals surface area contributed by atoms with Gasteiger partial charge in [-0.3, -0.25) is 4.79 Å². The number of carbonyl (C=O) groups excluding carboxylic acids is 1. The lowest BCUT2D eigenvalue weighted by atomic mass is 10.1. The first-order chi connectivity index (χ1) is 10.5. The summed E-state index contributed by atoms with van der Waals surface area (Å²) in [7, 11) is -3.05. The Labute approximate surface area is 129 Å². The highest BCUT2D eigenvalue weighted by Gasteiger charge is 2.36. The molecule has 1 aromatic carbocycles. The first-order valence-electron chi connectivity index (χ1n) is 7.45. The van der Waals surface area contributed by atoms with Gasteiger partial charge in [-0.1, -0.05) is 12.1 Å². The van der Waals surface area contributed by atoms with Gasteiger partial charge in [-0.25, -0.2) is 12.8 Å². The van der Waals surface area contributed by atoms with Crippen LogP contribution in [0.15, 0.2) is 24.3 Å². The number of hydrogen-bond acceptors (Lipinski definition) is 4. The number of sulfone groups is 1. The molecule has 1 aromatic rings. The lowest BCUT2D eigenvalue weighted by Gasteiger charge is -2.37. The summed E-state index contributed by atoms with van der Waals surface area (Å²) in [5, 5.41) is 0. The molecule has 1 atom stereocenters. The summed E-state index contributed by atoms with van der Waals surface area (Å²) in [6, 6.07) is 6.60. The molecule has 120 valence electrons. The molecule has 0 unspecified atom stereocenters. The SMILES string of the molecule is O=C([C@@H]1CCS(=O)(=O)C1)N1CCN(c2ccccc2F)CC1. The summed E-state index contributed by atoms with van der Waals surface area (Å²) in [5.74, 6) is -0.652. The number of hydrogen-bond donors (Lipinski definition) is 0. The van der Waals surface area contributed by atoms with Crippen LogP contribution in [0.2, 0.25) is 0 Å². The Balaban J connectivity index is 1.60. The predicted octanol–water partition coefficient (Wildman–Crippen LogP) is 0.909. The van der Waals surface area contributed by atoms with Crippen molar-refractivity contribution in [1.29, 1.82) is 0 Å². The van der Waals surface area contributed by atoms with Crippen LogP contribution in [-0.4, -0.2) is 56.9 Å². The molecule has 5 nitrogen and oxygen atoms in total. The van der Waals surface area contributed by atoms with Crippen molar-refractivity contribution in [2.24, 2.45) is 5.92 Å². The summed E-state index contributed by atoms with van der Waals surface area (Å²) in [5.41, 5.74) is 0.554. The molecule has 0 N–H and O–H groups in total. The lowest BCUT2D eigenvalue weighted by molar-refractivity contribution is -0.135. The average molecular weight is 326 g/mol. The van der Waals surface area contributed by atoms with Crippen molar-refractivity contribution >= 4 is 21.4 Å². The van der Waals surface area contributed by atoms with Crippen molar-refractivity contribution < 1.29 is 17.6 Å². The van der Waals surface area contributed by atoms with E-state index in [1.807, 2.05) is 4.90 Å². The van der Waals surface area contributed by atoms with E-state index in [2.05, 4.69) is 0 Å². The zero-order valence-electron chi connectivity index (χ0n) is 12.2. The van der Waals surface area contributed by atoms with E-state index in [4.69, 9.17) is 0 Å². The minimum absolute atomic E-state index is 0.0284. The summed E-state index contributed by atoms with van der Waals surface area (Å²) < 4.78 is 36.7. The van der Waals surface area contributed by atoms with Crippen LogP contribution >= 0.6 is 0 Å². The highest BCUT2D eigenvalue weighted by Crippen LogP contribution is 2.23. The Kier molecular flexibility index (Phi) is 4.08. The smallest absolute Gasteiger partial charge is 0.226 e. The molecule has 0 aromatic heterocycles. The topological polar surface area (TPSA) is 57.7 Å². The molecule has 2 aliphatic heterocycles. The van der Waals surface area contributed by atoms with Crippen LogP contribution in [0.3, 0.4) is 0 Å². The van der Waals surface area contributed by atoms with Gasteiger partial charge in [0.05, 0.1) is 23.1 Å². The van der Waals surface area contributed by atoms with Crippen LogP contribution in [0, 0.1) is 11.7 Å². The number of benzene rings is 1. The predicted molar refractivity (Wildman–Crippen MR) is 82.0 cm³/mol. The average Bonchev–Trinajstić information content (AvgIpc) is 2.87. The Hall–Kier alpha value is -1.63. The van der Waals surface area contributed by atoms with Crippen molar-refractivity contribution in [2.75, 3.05) is 42.6 Å². The molecule has 1 amide bonds. The van der Waals surface area contributed by atoms with Gasteiger partial charge in [-0.2, -0.15) is 0 Å². The molecule has 2 fully saturated rings. The van der Waals surface area contributed by atoms with Crippen LogP contribution in [0.5, 0.6) is 0 Å². The number of para-hydroxylation sites is 1. The second kappa shape index (κ2) is 5.87. The highest BCUT2D eigenvalue weighted by atomic mass is 32.2. The summed E-state index contributed by atoms with van der Waals surface area (Å²) in [6.45, 7) is 2.13. The van der Waals surface area contributed by atoms with E-state index < -0.39 is 15.8 Å². The fraction of sp³-hybridized carbons (Fsp3) is 0.533. The van der Waals surface area contributed by atoms with Crippen molar-refractivity contribution in [3.63, 3.8) is 0 Å². The molecule has 22 heavy (non-hydrogen) atoms. The zero-order chi connectivity index (χ0) is 15.7. The maximum absolute atomic E-state index is 13.8. The van der Waals surface area contributed by atoms with Gasteiger partial charge in [0.15, 0.2) is 9.84 Å². The number of carbonyl (C=O) groups is 1. The third-order valence-electron chi connectivity index (χ3n) is 4.37. The Morgan fingerprint density at radius 2 is 1.82 bits per heavy atom. The molecule has 0 aliphatic carbocycles. The van der Waals surface area contributed by atoms with Gasteiger partial charge in [0.1, 0.15) is 5.82 Å². The monoisotopic (exact) mass is 326 g/mol. The van der Waals surface area contributed by atoms with Crippen LogP contribution in [0.1, 0.15) is 6.42 Å². The number of rotatable bonds is 2. The third-order valence-corrected chi connectivity index (χ3v) is 6.13. The van der Waals surface area contributed by atoms with E-state index in [1.165, 1.54) is 6.07 Å². The highest BCUT2D eigenvalue weighted by molar-refractivity contribution is 7.91. The van der Waals surface area contributed by atoms with Gasteiger partial charge in [0.25, 0.3) is 0 Å². The van der Waals surface area contributed by atoms with Crippen LogP contribution in [0.25, 0.3) is 0 Å². The largest absolute Gasteiger partial charge is 0.366 e. The zero-order valence-corrected chi connectivity index (χ0v) is 13.1. The van der Waals surface area contributed by atoms with E-state index in [-0.39, 0.29) is 23.2 Å². The molecule has 2 saturated heterocycles. The number of piperazine rings is 1. The summed E-state index contributed by atoms with van der Waals surface area (Å²) in [6.07, 6.45) is 0.425. The Morgan fingerprint density at radius 3 is 2.41 bits per heavy atom. The van der Waals surface area contributed by atoms with Gasteiger partial charge < -0.3 is 9.80 Å². The molecular weight excluding hydrogens is 307 g/mol. The quantitative estimate of drug-likeness (QED) is 0.811. The molecule has 0 bridgehead atoms. The number of amides is 1. The molecule has 0 saturated carbocycles. The lowest BCUT2D eigenvalue weighted by Crippen LogP contribution is -2.50. The first kappa shape index (κ1) is 15.3. The van der Waals surface area contributed by atoms with Crippen LogP contribution < -0.4 is 4.90 Å². The van der Waals surface area contributed by atoms with Gasteiger partial charge in [-0.15, -0.1) is 0 Å². The van der Waals surface area contributed by atoms with E-state index in [0.717, 1.165) is 0 Å². The maximum Gasteiger partial charge on any atom is 0.226 e. The maximum atomic E-state index is 13.8. The van der Waals surface area contributed by atoms with Gasteiger partial charge in [0.2, 0.25) is 5.91 Å². The Bertz CT molecular complexity index is 669. The van der Waals surface area contributed by atoms with Gasteiger partial charge in [-0.05, 0) is 18.6 Å². The second-order valence-corrected chi connectivity index (χ2v) is 8.09. The normalized spacial score (nSPS) is 24.5. The molecular formula is C15H19FN2O3S. The molecule has 0 spiro atoms. The third kappa shape index (κ3) is 3.09. The number of halogens is 1. The molecule has 3 rings (SSSR count). The summed E-state index contributed by atoms with van der Waals surface area (Å²) >= 11 is 0. The van der Waals surface area contributed by atoms with Crippen LogP contribution in [0.4, 0.5) is 10.1 Å². The first-order valence-corrected chi connectivity index (χ1v) is 9.27. The fourth-order valence-electron chi connectivity index (χ4n) is 3.12. The molecule has 0 radical (unpaired) electrons. The van der Waals surface area contributed by atoms with E-state index in [0.29, 0.717) is 38.3 Å². The van der Waals surface area contributed by atoms with Crippen molar-refractivity contribution in [1.82, 2.24) is 4.90 Å². The van der Waals surface area contributed by atoms with Gasteiger partial charge in [0, 0.05) is 26.2 Å². The molecule has 2 heterocycles. The van der Waals surface area contributed by atoms with Crippen LogP contribution in [-0.2, 0) is 14.6 Å². The minimum atomic E-state index is -3.05. The van der Waals surface area contributed by atoms with Gasteiger partial charge >= 0.3 is 0 Å². The van der Waals surface area contributed by atoms with Crippen molar-refractivity contribution in [3.8, 4) is 0 Å². The number of anilines is 1. The van der Waals surface area contributed by atoms with E-state index in [1.54, 1.807) is 23.1 Å². The molecule has 7 heteroatoms.